The quantitative estimate of drug-likeness (QED) is 0.524. The van der Waals surface area contributed by atoms with Gasteiger partial charge < -0.3 is 11.5 Å². The van der Waals surface area contributed by atoms with E-state index in [1.165, 1.54) is 0 Å². The van der Waals surface area contributed by atoms with Gasteiger partial charge in [0.25, 0.3) is 0 Å². The highest BCUT2D eigenvalue weighted by molar-refractivity contribution is 5.96. The van der Waals surface area contributed by atoms with Gasteiger partial charge in [-0.3, -0.25) is 10.1 Å². The Labute approximate surface area is 70.5 Å². The lowest BCUT2D eigenvalue weighted by molar-refractivity contribution is -0.121. The predicted octanol–water partition coefficient (Wildman–Crippen LogP) is -0.691. The van der Waals surface area contributed by atoms with Crippen LogP contribution >= 0.6 is 0 Å². The Hall–Kier alpha value is -1.10. The van der Waals surface area contributed by atoms with Gasteiger partial charge in [0.1, 0.15) is 0 Å². The molecule has 0 spiro atoms. The largest absolute Gasteiger partial charge is 0.351 e. The van der Waals surface area contributed by atoms with Crippen LogP contribution in [-0.4, -0.2) is 18.0 Å². The number of hydrogen-bond acceptors (Lipinski definition) is 3. The Morgan fingerprint density at radius 2 is 2.08 bits per heavy atom. The molecule has 1 atom stereocenters. The van der Waals surface area contributed by atoms with Crippen molar-refractivity contribution in [2.45, 2.75) is 25.3 Å². The number of carbonyl (C=O) groups excluding carboxylic acids is 2. The molecule has 3 amide bonds. The van der Waals surface area contributed by atoms with E-state index in [1.54, 1.807) is 0 Å². The summed E-state index contributed by atoms with van der Waals surface area (Å²) < 4.78 is 0. The number of nitrogens with one attached hydrogen (secondary N) is 1. The molecule has 0 heterocycles. The van der Waals surface area contributed by atoms with Gasteiger partial charge in [0, 0.05) is 0 Å². The van der Waals surface area contributed by atoms with Crippen LogP contribution in [0.1, 0.15) is 19.3 Å². The summed E-state index contributed by atoms with van der Waals surface area (Å²) in [6, 6.07) is -1.43. The first-order valence-corrected chi connectivity index (χ1v) is 3.95. The third-order valence-corrected chi connectivity index (χ3v) is 1.87. The van der Waals surface area contributed by atoms with Crippen LogP contribution in [-0.2, 0) is 4.79 Å². The number of hydrogen-bond donors (Lipinski definition) is 3. The molecule has 68 valence electrons. The molecule has 12 heavy (non-hydrogen) atoms. The van der Waals surface area contributed by atoms with Gasteiger partial charge in [-0.05, 0) is 12.3 Å². The number of urea groups is 1. The molecule has 1 aliphatic carbocycles. The molecule has 0 aromatic heterocycles. The van der Waals surface area contributed by atoms with Crippen molar-refractivity contribution in [3.05, 3.63) is 0 Å². The SMILES string of the molecule is NC(=O)NC(=O)[C@@H](N)CC1CC1. The predicted molar refractivity (Wildman–Crippen MR) is 43.0 cm³/mol. The number of primary amides is 1. The van der Waals surface area contributed by atoms with Crippen LogP contribution in [0, 0.1) is 5.92 Å². The maximum atomic E-state index is 11.0. The summed E-state index contributed by atoms with van der Waals surface area (Å²) in [6.07, 6.45) is 2.92. The fraction of sp³-hybridized carbons (Fsp3) is 0.714. The Morgan fingerprint density at radius 3 is 2.50 bits per heavy atom. The average Bonchev–Trinajstić information content (AvgIpc) is 2.70. The van der Waals surface area contributed by atoms with Gasteiger partial charge in [-0.25, -0.2) is 4.79 Å². The molecule has 0 saturated heterocycles. The molecule has 1 fully saturated rings. The fourth-order valence-corrected chi connectivity index (χ4v) is 1.03. The van der Waals surface area contributed by atoms with Crippen molar-refractivity contribution in [3.63, 3.8) is 0 Å². The number of nitrogens with two attached hydrogens (primary N) is 2. The van der Waals surface area contributed by atoms with Crippen molar-refractivity contribution >= 4 is 11.9 Å². The number of amides is 3. The van der Waals surface area contributed by atoms with Gasteiger partial charge in [0.15, 0.2) is 0 Å². The van der Waals surface area contributed by atoms with E-state index in [2.05, 4.69) is 0 Å². The van der Waals surface area contributed by atoms with Crippen LogP contribution in [0.15, 0.2) is 0 Å². The summed E-state index contributed by atoms with van der Waals surface area (Å²) in [5, 5.41) is 1.95. The Bertz CT molecular complexity index is 201. The van der Waals surface area contributed by atoms with E-state index in [4.69, 9.17) is 11.5 Å². The standard InChI is InChI=1S/C7H13N3O2/c8-5(3-4-1-2-4)6(11)10-7(9)12/h4-5H,1-3,8H2,(H3,9,10,11,12)/t5-/m0/s1. The molecular weight excluding hydrogens is 158 g/mol. The highest BCUT2D eigenvalue weighted by atomic mass is 16.2. The summed E-state index contributed by atoms with van der Waals surface area (Å²) in [7, 11) is 0. The van der Waals surface area contributed by atoms with Crippen LogP contribution in [0.25, 0.3) is 0 Å². The minimum atomic E-state index is -0.841. The molecule has 0 aromatic rings. The number of rotatable bonds is 3. The summed E-state index contributed by atoms with van der Waals surface area (Å²) >= 11 is 0. The van der Waals surface area contributed by atoms with Crippen LogP contribution in [0.2, 0.25) is 0 Å². The lowest BCUT2D eigenvalue weighted by atomic mass is 10.1. The van der Waals surface area contributed by atoms with Crippen LogP contribution in [0.3, 0.4) is 0 Å². The van der Waals surface area contributed by atoms with Gasteiger partial charge in [-0.2, -0.15) is 0 Å². The maximum Gasteiger partial charge on any atom is 0.318 e. The van der Waals surface area contributed by atoms with Gasteiger partial charge in [-0.1, -0.05) is 12.8 Å². The van der Waals surface area contributed by atoms with Gasteiger partial charge in [0.05, 0.1) is 6.04 Å². The van der Waals surface area contributed by atoms with Crippen molar-refractivity contribution in [2.75, 3.05) is 0 Å². The van der Waals surface area contributed by atoms with E-state index < -0.39 is 18.0 Å². The second-order valence-corrected chi connectivity index (χ2v) is 3.14. The zero-order valence-corrected chi connectivity index (χ0v) is 6.75. The topological polar surface area (TPSA) is 98.2 Å². The lowest BCUT2D eigenvalue weighted by Crippen LogP contribution is -2.45. The number of imide groups is 1. The van der Waals surface area contributed by atoms with Gasteiger partial charge >= 0.3 is 6.03 Å². The molecular formula is C7H13N3O2. The summed E-state index contributed by atoms with van der Waals surface area (Å²) in [5.74, 6) is 0.0908. The van der Waals surface area contributed by atoms with E-state index in [0.29, 0.717) is 12.3 Å². The zero-order chi connectivity index (χ0) is 9.14. The van der Waals surface area contributed by atoms with E-state index in [9.17, 15) is 9.59 Å². The van der Waals surface area contributed by atoms with E-state index in [0.717, 1.165) is 12.8 Å². The summed E-state index contributed by atoms with van der Waals surface area (Å²) in [5.41, 5.74) is 10.2. The molecule has 0 radical (unpaired) electrons. The molecule has 0 aliphatic heterocycles. The highest BCUT2D eigenvalue weighted by Crippen LogP contribution is 2.32. The third-order valence-electron chi connectivity index (χ3n) is 1.87. The monoisotopic (exact) mass is 171 g/mol. The molecule has 1 saturated carbocycles. The second kappa shape index (κ2) is 3.53. The van der Waals surface area contributed by atoms with Crippen LogP contribution < -0.4 is 16.8 Å². The molecule has 1 rings (SSSR count). The lowest BCUT2D eigenvalue weighted by Gasteiger charge is -2.08. The van der Waals surface area contributed by atoms with Crippen LogP contribution in [0.5, 0.6) is 0 Å². The van der Waals surface area contributed by atoms with Crippen molar-refractivity contribution in [2.24, 2.45) is 17.4 Å². The Morgan fingerprint density at radius 1 is 1.50 bits per heavy atom. The first-order chi connectivity index (χ1) is 5.59. The van der Waals surface area contributed by atoms with E-state index >= 15 is 0 Å². The Kier molecular flexibility index (Phi) is 2.65. The fourth-order valence-electron chi connectivity index (χ4n) is 1.03. The van der Waals surface area contributed by atoms with Crippen molar-refractivity contribution in [3.8, 4) is 0 Å². The summed E-state index contributed by atoms with van der Waals surface area (Å²) in [6.45, 7) is 0. The van der Waals surface area contributed by atoms with Gasteiger partial charge in [0.2, 0.25) is 5.91 Å². The molecule has 0 aromatic carbocycles. The van der Waals surface area contributed by atoms with Crippen molar-refractivity contribution in [1.29, 1.82) is 0 Å². The molecule has 0 bridgehead atoms. The van der Waals surface area contributed by atoms with Crippen molar-refractivity contribution < 1.29 is 9.59 Å². The van der Waals surface area contributed by atoms with Crippen molar-refractivity contribution in [1.82, 2.24) is 5.32 Å². The molecule has 5 heteroatoms. The normalized spacial score (nSPS) is 18.4. The zero-order valence-electron chi connectivity index (χ0n) is 6.75. The summed E-state index contributed by atoms with van der Waals surface area (Å²) in [4.78, 5) is 21.2. The third kappa shape index (κ3) is 2.87. The highest BCUT2D eigenvalue weighted by Gasteiger charge is 2.27. The number of carbonyl (C=O) groups is 2. The average molecular weight is 171 g/mol. The van der Waals surface area contributed by atoms with E-state index in [1.807, 2.05) is 5.32 Å². The first kappa shape index (κ1) is 8.99. The molecule has 1 aliphatic rings. The van der Waals surface area contributed by atoms with E-state index in [-0.39, 0.29) is 0 Å². The maximum absolute atomic E-state index is 11.0. The molecule has 5 nitrogen and oxygen atoms in total. The second-order valence-electron chi connectivity index (χ2n) is 3.14. The molecule has 0 unspecified atom stereocenters. The van der Waals surface area contributed by atoms with Gasteiger partial charge in [-0.15, -0.1) is 0 Å². The minimum Gasteiger partial charge on any atom is -0.351 e. The molecule has 5 N–H and O–H groups in total. The van der Waals surface area contributed by atoms with Crippen LogP contribution in [0.4, 0.5) is 4.79 Å². The minimum absolute atomic E-state index is 0.477. The smallest absolute Gasteiger partial charge is 0.318 e. The first-order valence-electron chi connectivity index (χ1n) is 3.95. The Balaban J connectivity index is 2.24.